The summed E-state index contributed by atoms with van der Waals surface area (Å²) in [4.78, 5) is 17.6. The van der Waals surface area contributed by atoms with Crippen LogP contribution in [0.3, 0.4) is 0 Å². The predicted molar refractivity (Wildman–Crippen MR) is 54.2 cm³/mol. The van der Waals surface area contributed by atoms with Crippen molar-refractivity contribution in [2.45, 2.75) is 0 Å². The van der Waals surface area contributed by atoms with Gasteiger partial charge in [0.15, 0.2) is 0 Å². The highest BCUT2D eigenvalue weighted by molar-refractivity contribution is 5.87. The van der Waals surface area contributed by atoms with Crippen LogP contribution in [0.5, 0.6) is 0 Å². The minimum atomic E-state index is -0.682. The third-order valence-electron chi connectivity index (χ3n) is 2.16. The van der Waals surface area contributed by atoms with Crippen LogP contribution in [0.2, 0.25) is 0 Å². The molecule has 0 saturated carbocycles. The standard InChI is InChI=1S/C10H7N3O4/c14-10(9-5-15-6-16-9)17-13-8-4-2-1-3-7(8)11-12-13/h1-5H,6H2. The van der Waals surface area contributed by atoms with E-state index in [0.29, 0.717) is 11.0 Å². The number of nitrogens with zero attached hydrogens (tertiary/aromatic N) is 3. The average molecular weight is 233 g/mol. The molecular weight excluding hydrogens is 226 g/mol. The van der Waals surface area contributed by atoms with Crippen molar-refractivity contribution in [1.29, 1.82) is 0 Å². The molecule has 2 aromatic rings. The normalized spacial score (nSPS) is 14.0. The second-order valence-corrected chi connectivity index (χ2v) is 3.24. The molecule has 0 aliphatic carbocycles. The molecule has 2 heterocycles. The lowest BCUT2D eigenvalue weighted by Crippen LogP contribution is -2.22. The summed E-state index contributed by atoms with van der Waals surface area (Å²) in [6.07, 6.45) is 1.20. The van der Waals surface area contributed by atoms with Gasteiger partial charge >= 0.3 is 5.97 Å². The second-order valence-electron chi connectivity index (χ2n) is 3.24. The number of carbonyl (C=O) groups excluding carboxylic acids is 1. The van der Waals surface area contributed by atoms with Gasteiger partial charge in [-0.2, -0.15) is 0 Å². The molecule has 0 saturated heterocycles. The van der Waals surface area contributed by atoms with Crippen LogP contribution in [0.25, 0.3) is 11.0 Å². The van der Waals surface area contributed by atoms with Gasteiger partial charge in [-0.05, 0) is 17.3 Å². The topological polar surface area (TPSA) is 75.5 Å². The summed E-state index contributed by atoms with van der Waals surface area (Å²) >= 11 is 0. The van der Waals surface area contributed by atoms with Crippen LogP contribution in [0, 0.1) is 0 Å². The fourth-order valence-electron chi connectivity index (χ4n) is 1.39. The van der Waals surface area contributed by atoms with Gasteiger partial charge in [0.2, 0.25) is 12.6 Å². The Morgan fingerprint density at radius 2 is 2.29 bits per heavy atom. The maximum absolute atomic E-state index is 11.6. The van der Waals surface area contributed by atoms with Crippen LogP contribution in [0.1, 0.15) is 0 Å². The van der Waals surface area contributed by atoms with Gasteiger partial charge in [0.1, 0.15) is 17.3 Å². The lowest BCUT2D eigenvalue weighted by atomic mass is 10.3. The number of fused-ring (bicyclic) bond motifs is 1. The molecule has 1 aliphatic rings. The number of hydrogen-bond donors (Lipinski definition) is 0. The van der Waals surface area contributed by atoms with Gasteiger partial charge in [-0.15, -0.1) is 5.10 Å². The van der Waals surface area contributed by atoms with Crippen LogP contribution in [0.4, 0.5) is 0 Å². The average Bonchev–Trinajstić information content (AvgIpc) is 2.98. The Bertz CT molecular complexity index is 604. The monoisotopic (exact) mass is 233 g/mol. The Hall–Kier alpha value is -2.57. The first-order valence-electron chi connectivity index (χ1n) is 4.82. The summed E-state index contributed by atoms with van der Waals surface area (Å²) in [6, 6.07) is 7.12. The molecule has 1 aromatic heterocycles. The first kappa shape index (κ1) is 9.64. The summed E-state index contributed by atoms with van der Waals surface area (Å²) in [5.41, 5.74) is 1.23. The van der Waals surface area contributed by atoms with E-state index in [1.165, 1.54) is 6.26 Å². The zero-order valence-corrected chi connectivity index (χ0v) is 8.57. The Kier molecular flexibility index (Phi) is 2.14. The van der Waals surface area contributed by atoms with Gasteiger partial charge < -0.3 is 14.3 Å². The molecule has 86 valence electrons. The van der Waals surface area contributed by atoms with Crippen molar-refractivity contribution < 1.29 is 19.1 Å². The summed E-state index contributed by atoms with van der Waals surface area (Å²) in [6.45, 7) is 0.0164. The molecule has 0 radical (unpaired) electrons. The third-order valence-corrected chi connectivity index (χ3v) is 2.16. The molecule has 0 bridgehead atoms. The van der Waals surface area contributed by atoms with Crippen molar-refractivity contribution in [2.75, 3.05) is 6.79 Å². The molecule has 0 unspecified atom stereocenters. The molecule has 1 aromatic carbocycles. The fourth-order valence-corrected chi connectivity index (χ4v) is 1.39. The number of ether oxygens (including phenoxy) is 2. The zero-order valence-electron chi connectivity index (χ0n) is 8.57. The van der Waals surface area contributed by atoms with E-state index in [2.05, 4.69) is 10.3 Å². The van der Waals surface area contributed by atoms with E-state index in [-0.39, 0.29) is 12.6 Å². The van der Waals surface area contributed by atoms with E-state index in [1.807, 2.05) is 6.07 Å². The second kappa shape index (κ2) is 3.78. The molecule has 17 heavy (non-hydrogen) atoms. The Labute approximate surface area is 95.1 Å². The van der Waals surface area contributed by atoms with Gasteiger partial charge in [-0.1, -0.05) is 17.0 Å². The van der Waals surface area contributed by atoms with E-state index in [4.69, 9.17) is 14.3 Å². The highest BCUT2D eigenvalue weighted by atomic mass is 16.7. The highest BCUT2D eigenvalue weighted by Crippen LogP contribution is 2.10. The van der Waals surface area contributed by atoms with Crippen molar-refractivity contribution >= 4 is 17.0 Å². The maximum atomic E-state index is 11.6. The minimum Gasteiger partial charge on any atom is -0.461 e. The first-order valence-corrected chi connectivity index (χ1v) is 4.82. The van der Waals surface area contributed by atoms with Gasteiger partial charge in [0, 0.05) is 0 Å². The van der Waals surface area contributed by atoms with Crippen molar-refractivity contribution in [2.24, 2.45) is 0 Å². The van der Waals surface area contributed by atoms with Crippen molar-refractivity contribution in [3.63, 3.8) is 0 Å². The van der Waals surface area contributed by atoms with E-state index in [1.54, 1.807) is 18.2 Å². The lowest BCUT2D eigenvalue weighted by molar-refractivity contribution is -0.144. The summed E-state index contributed by atoms with van der Waals surface area (Å²) in [5.74, 6) is -0.678. The van der Waals surface area contributed by atoms with E-state index < -0.39 is 5.97 Å². The van der Waals surface area contributed by atoms with Gasteiger partial charge in [0.25, 0.3) is 0 Å². The zero-order chi connectivity index (χ0) is 11.7. The Morgan fingerprint density at radius 1 is 1.41 bits per heavy atom. The molecule has 7 nitrogen and oxygen atoms in total. The molecule has 7 heteroatoms. The number of carbonyl (C=O) groups is 1. The molecular formula is C10H7N3O4. The SMILES string of the molecule is O=C(On1nnc2ccccc21)C1=COCO1. The van der Waals surface area contributed by atoms with Crippen LogP contribution >= 0.6 is 0 Å². The van der Waals surface area contributed by atoms with Crippen LogP contribution < -0.4 is 4.84 Å². The molecule has 0 atom stereocenters. The van der Waals surface area contributed by atoms with Crippen LogP contribution in [-0.4, -0.2) is 27.9 Å². The summed E-state index contributed by atoms with van der Waals surface area (Å²) < 4.78 is 9.63. The number of aromatic nitrogens is 3. The predicted octanol–water partition coefficient (Wildman–Crippen LogP) is 0.232. The van der Waals surface area contributed by atoms with Crippen LogP contribution in [-0.2, 0) is 14.3 Å². The summed E-state index contributed by atoms with van der Waals surface area (Å²) in [7, 11) is 0. The highest BCUT2D eigenvalue weighted by Gasteiger charge is 2.20. The lowest BCUT2D eigenvalue weighted by Gasteiger charge is -2.02. The maximum Gasteiger partial charge on any atom is 0.403 e. The van der Waals surface area contributed by atoms with E-state index >= 15 is 0 Å². The van der Waals surface area contributed by atoms with E-state index in [9.17, 15) is 4.79 Å². The fraction of sp³-hybridized carbons (Fsp3) is 0.100. The minimum absolute atomic E-state index is 0.00424. The molecule has 0 N–H and O–H groups in total. The van der Waals surface area contributed by atoms with Gasteiger partial charge in [-0.25, -0.2) is 4.79 Å². The number of benzene rings is 1. The largest absolute Gasteiger partial charge is 0.461 e. The first-order chi connectivity index (χ1) is 8.34. The third kappa shape index (κ3) is 1.67. The quantitative estimate of drug-likeness (QED) is 0.691. The molecule has 3 rings (SSSR count). The van der Waals surface area contributed by atoms with Crippen molar-refractivity contribution in [1.82, 2.24) is 15.2 Å². The molecule has 1 aliphatic heterocycles. The molecule has 0 fully saturated rings. The van der Waals surface area contributed by atoms with Crippen LogP contribution in [0.15, 0.2) is 36.3 Å². The molecule has 0 spiro atoms. The molecule has 0 amide bonds. The summed E-state index contributed by atoms with van der Waals surface area (Å²) in [5, 5.41) is 7.55. The van der Waals surface area contributed by atoms with Crippen molar-refractivity contribution in [3.05, 3.63) is 36.3 Å². The number of para-hydroxylation sites is 1. The number of hydrogen-bond acceptors (Lipinski definition) is 6. The number of rotatable bonds is 2. The Morgan fingerprint density at radius 3 is 3.12 bits per heavy atom. The van der Waals surface area contributed by atoms with Crippen molar-refractivity contribution in [3.8, 4) is 0 Å². The smallest absolute Gasteiger partial charge is 0.403 e. The van der Waals surface area contributed by atoms with Gasteiger partial charge in [-0.3, -0.25) is 0 Å². The Balaban J connectivity index is 1.87. The van der Waals surface area contributed by atoms with E-state index in [0.717, 1.165) is 4.85 Å². The van der Waals surface area contributed by atoms with Gasteiger partial charge in [0.05, 0.1) is 0 Å².